The van der Waals surface area contributed by atoms with E-state index in [-0.39, 0.29) is 16.7 Å². The van der Waals surface area contributed by atoms with Gasteiger partial charge in [-0.25, -0.2) is 4.79 Å². The Kier molecular flexibility index (Phi) is 17.3. The molecule has 354 valence electrons. The van der Waals surface area contributed by atoms with Gasteiger partial charge in [0.2, 0.25) is 11.6 Å². The zero-order chi connectivity index (χ0) is 47.3. The van der Waals surface area contributed by atoms with Crippen LogP contribution >= 0.6 is 0 Å². The van der Waals surface area contributed by atoms with Crippen molar-refractivity contribution < 1.29 is 33.1 Å². The first-order valence-electron chi connectivity index (χ1n) is 24.2. The molecule has 10 nitrogen and oxygen atoms in total. The fourth-order valence-electron chi connectivity index (χ4n) is 9.23. The van der Waals surface area contributed by atoms with Crippen LogP contribution in [0.4, 0.5) is 16.2 Å². The van der Waals surface area contributed by atoms with Crippen molar-refractivity contribution in [3.05, 3.63) is 136 Å². The Labute approximate surface area is 394 Å². The van der Waals surface area contributed by atoms with Crippen LogP contribution in [0.25, 0.3) is 0 Å². The van der Waals surface area contributed by atoms with Crippen molar-refractivity contribution in [3.8, 4) is 5.75 Å². The topological polar surface area (TPSA) is 101 Å². The number of carbonyl (C=O) groups is 2. The van der Waals surface area contributed by atoms with Gasteiger partial charge in [-0.1, -0.05) is 82.3 Å². The number of aryl methyl sites for hydroxylation is 1. The summed E-state index contributed by atoms with van der Waals surface area (Å²) in [5.41, 5.74) is 10.6. The summed E-state index contributed by atoms with van der Waals surface area (Å²) in [5.74, 6) is 1.68. The van der Waals surface area contributed by atoms with Crippen LogP contribution < -0.4 is 20.3 Å². The Bertz CT molecular complexity index is 2310. The first-order chi connectivity index (χ1) is 31.6. The van der Waals surface area contributed by atoms with Crippen LogP contribution in [0.5, 0.6) is 5.75 Å². The quantitative estimate of drug-likeness (QED) is 0.0811. The molecule has 3 aliphatic rings. The Hall–Kier alpha value is -5.45. The van der Waals surface area contributed by atoms with Gasteiger partial charge >= 0.3 is 6.09 Å². The molecular weight excluding hydrogens is 825 g/mol. The van der Waals surface area contributed by atoms with Gasteiger partial charge in [0.15, 0.2) is 5.71 Å². The standard InChI is InChI=1S/C56H74N4O6/c1-10-35-59-47-21-14-12-19-45(47)55(6,7)49(59)30-26-42-17-16-18-43(27-31-50-56(8,9)46-20-13-15-22-48(46)60(50)36-11-2)52(42)65-44-28-23-41(24-29-44)25-32-51(61)57-33-37-63-39-40-64-38-34-58-53(62)66-54(3,4)5/h12-15,19-24,26-31H,10-11,16-18,25,32-40H2,1-9H3,(H-,57,58,61,62)/p+1. The second-order valence-electron chi connectivity index (χ2n) is 19.5. The summed E-state index contributed by atoms with van der Waals surface area (Å²) >= 11 is 0. The molecule has 0 atom stereocenters. The number of amides is 2. The second kappa shape index (κ2) is 22.8. The Morgan fingerprint density at radius 3 is 2.15 bits per heavy atom. The molecule has 0 fully saturated rings. The van der Waals surface area contributed by atoms with Crippen molar-refractivity contribution in [2.24, 2.45) is 0 Å². The van der Waals surface area contributed by atoms with Gasteiger partial charge in [0, 0.05) is 67.0 Å². The minimum Gasteiger partial charge on any atom is -0.457 e. The number of ether oxygens (including phenoxy) is 4. The van der Waals surface area contributed by atoms with E-state index < -0.39 is 11.7 Å². The molecule has 0 unspecified atom stereocenters. The zero-order valence-electron chi connectivity index (χ0n) is 41.2. The van der Waals surface area contributed by atoms with E-state index >= 15 is 0 Å². The Morgan fingerprint density at radius 1 is 0.773 bits per heavy atom. The van der Waals surface area contributed by atoms with Crippen molar-refractivity contribution in [1.82, 2.24) is 10.6 Å². The van der Waals surface area contributed by atoms with Crippen molar-refractivity contribution in [2.75, 3.05) is 57.5 Å². The molecule has 3 aromatic rings. The van der Waals surface area contributed by atoms with Gasteiger partial charge in [-0.05, 0) is 119 Å². The van der Waals surface area contributed by atoms with E-state index in [4.69, 9.17) is 18.9 Å². The van der Waals surface area contributed by atoms with Crippen molar-refractivity contribution in [1.29, 1.82) is 0 Å². The van der Waals surface area contributed by atoms with Gasteiger partial charge in [0.25, 0.3) is 0 Å². The molecular formula is C56H75N4O6+. The largest absolute Gasteiger partial charge is 0.457 e. The maximum Gasteiger partial charge on any atom is 0.407 e. The normalized spacial score (nSPS) is 17.7. The molecule has 2 amide bonds. The number of hydrogen-bond donors (Lipinski definition) is 2. The van der Waals surface area contributed by atoms with Gasteiger partial charge in [0.05, 0.1) is 31.8 Å². The number of alkyl carbamates (subject to hydrolysis) is 1. The lowest BCUT2D eigenvalue weighted by Gasteiger charge is -2.27. The maximum atomic E-state index is 12.7. The molecule has 2 N–H and O–H groups in total. The van der Waals surface area contributed by atoms with Crippen molar-refractivity contribution in [2.45, 2.75) is 124 Å². The van der Waals surface area contributed by atoms with Gasteiger partial charge < -0.3 is 34.5 Å². The summed E-state index contributed by atoms with van der Waals surface area (Å²) in [7, 11) is 0. The average Bonchev–Trinajstić information content (AvgIpc) is 3.63. The molecule has 10 heteroatoms. The second-order valence-corrected chi connectivity index (χ2v) is 19.5. The molecule has 1 aliphatic carbocycles. The van der Waals surface area contributed by atoms with Crippen molar-refractivity contribution in [3.63, 3.8) is 0 Å². The highest BCUT2D eigenvalue weighted by Crippen LogP contribution is 2.48. The minimum atomic E-state index is -0.536. The summed E-state index contributed by atoms with van der Waals surface area (Å²) < 4.78 is 25.8. The molecule has 66 heavy (non-hydrogen) atoms. The third-order valence-electron chi connectivity index (χ3n) is 12.5. The van der Waals surface area contributed by atoms with E-state index in [9.17, 15) is 9.59 Å². The summed E-state index contributed by atoms with van der Waals surface area (Å²) in [4.78, 5) is 26.9. The number of nitrogens with zero attached hydrogens (tertiary/aromatic N) is 2. The smallest absolute Gasteiger partial charge is 0.407 e. The van der Waals surface area contributed by atoms with E-state index in [1.165, 1.54) is 45.1 Å². The number of fused-ring (bicyclic) bond motifs is 2. The molecule has 2 heterocycles. The number of rotatable bonds is 21. The first kappa shape index (κ1) is 50.0. The van der Waals surface area contributed by atoms with Gasteiger partial charge in [0.1, 0.15) is 23.7 Å². The third-order valence-corrected chi connectivity index (χ3v) is 12.5. The predicted molar refractivity (Wildman–Crippen MR) is 267 cm³/mol. The number of allylic oxidation sites excluding steroid dienone is 7. The number of para-hydroxylation sites is 2. The van der Waals surface area contributed by atoms with E-state index in [0.717, 1.165) is 62.3 Å². The van der Waals surface area contributed by atoms with Gasteiger partial charge in [-0.15, -0.1) is 0 Å². The lowest BCUT2D eigenvalue weighted by Crippen LogP contribution is -2.34. The van der Waals surface area contributed by atoms with Crippen LogP contribution in [0.3, 0.4) is 0 Å². The lowest BCUT2D eigenvalue weighted by molar-refractivity contribution is -0.437. The van der Waals surface area contributed by atoms with E-state index in [1.54, 1.807) is 0 Å². The molecule has 0 aromatic heterocycles. The maximum absolute atomic E-state index is 12.7. The molecule has 2 aliphatic heterocycles. The minimum absolute atomic E-state index is 0.0222. The summed E-state index contributed by atoms with van der Waals surface area (Å²) in [6.45, 7) is 23.6. The van der Waals surface area contributed by atoms with E-state index in [1.807, 2.05) is 32.9 Å². The summed E-state index contributed by atoms with van der Waals surface area (Å²) in [6.07, 6.45) is 14.9. The Balaban J connectivity index is 1.12. The van der Waals surface area contributed by atoms with Crippen molar-refractivity contribution >= 4 is 29.1 Å². The lowest BCUT2D eigenvalue weighted by atomic mass is 9.81. The molecule has 0 radical (unpaired) electrons. The van der Waals surface area contributed by atoms with Crippen LogP contribution in [-0.2, 0) is 36.3 Å². The monoisotopic (exact) mass is 900 g/mol. The SMILES string of the molecule is CCCN1/C(=C/C=C2\CCCC(/C=C/C3=[N+](CCC)c4ccccc4C3(C)C)=C2Oc2ccc(CCC(=O)NCCOCCOCCNC(=O)OC(C)(C)C)cc2)C(C)(C)c2ccccc21. The predicted octanol–water partition coefficient (Wildman–Crippen LogP) is 11.2. The molecule has 6 rings (SSSR count). The van der Waals surface area contributed by atoms with Crippen LogP contribution in [0.2, 0.25) is 0 Å². The van der Waals surface area contributed by atoms with Gasteiger partial charge in [-0.2, -0.15) is 4.58 Å². The highest BCUT2D eigenvalue weighted by Gasteiger charge is 2.44. The number of benzene rings is 3. The zero-order valence-corrected chi connectivity index (χ0v) is 41.2. The highest BCUT2D eigenvalue weighted by molar-refractivity contribution is 6.03. The first-order valence-corrected chi connectivity index (χ1v) is 24.2. The summed E-state index contributed by atoms with van der Waals surface area (Å²) in [5, 5.41) is 5.61. The van der Waals surface area contributed by atoms with Gasteiger partial charge in [-0.3, -0.25) is 4.79 Å². The molecule has 0 saturated heterocycles. The fourth-order valence-corrected chi connectivity index (χ4v) is 9.23. The van der Waals surface area contributed by atoms with Crippen LogP contribution in [0.1, 0.15) is 118 Å². The van der Waals surface area contributed by atoms with E-state index in [0.29, 0.717) is 52.4 Å². The molecule has 0 bridgehead atoms. The number of anilines is 1. The van der Waals surface area contributed by atoms with Crippen LogP contribution in [0.15, 0.2) is 120 Å². The van der Waals surface area contributed by atoms with Crippen LogP contribution in [-0.4, -0.2) is 80.5 Å². The number of nitrogens with one attached hydrogen (secondary N) is 2. The molecule has 3 aromatic carbocycles. The molecule has 0 saturated carbocycles. The Morgan fingerprint density at radius 2 is 1.45 bits per heavy atom. The summed E-state index contributed by atoms with van der Waals surface area (Å²) in [6, 6.07) is 25.9. The number of hydrogen-bond acceptors (Lipinski definition) is 7. The van der Waals surface area contributed by atoms with Crippen LogP contribution in [0, 0.1) is 0 Å². The van der Waals surface area contributed by atoms with E-state index in [2.05, 4.69) is 147 Å². The average molecular weight is 900 g/mol. The third kappa shape index (κ3) is 12.7. The molecule has 0 spiro atoms. The number of carbonyl (C=O) groups excluding carboxylic acids is 2. The highest BCUT2D eigenvalue weighted by atomic mass is 16.6. The fraction of sp³-hybridized carbons (Fsp3) is 0.482.